The zero-order valence-corrected chi connectivity index (χ0v) is 12.7. The normalized spacial score (nSPS) is 24.5. The van der Waals surface area contributed by atoms with Gasteiger partial charge in [-0.1, -0.05) is 6.92 Å². The number of carbonyl (C=O) groups is 1. The van der Waals surface area contributed by atoms with Crippen molar-refractivity contribution < 1.29 is 9.53 Å². The molecule has 0 radical (unpaired) electrons. The molecule has 2 rings (SSSR count). The van der Waals surface area contributed by atoms with Gasteiger partial charge in [-0.2, -0.15) is 0 Å². The van der Waals surface area contributed by atoms with E-state index in [9.17, 15) is 4.79 Å². The first-order valence-electron chi connectivity index (χ1n) is 8.01. The average molecular weight is 283 g/mol. The first-order valence-corrected chi connectivity index (χ1v) is 8.01. The minimum Gasteiger partial charge on any atom is -0.381 e. The van der Waals surface area contributed by atoms with Crippen LogP contribution in [0.1, 0.15) is 39.0 Å². The highest BCUT2D eigenvalue weighted by Gasteiger charge is 2.35. The number of hydrogen-bond acceptors (Lipinski definition) is 4. The SMILES string of the molecule is CCN1CCC(CCNC(=O)C2(N)CCOCC2)CC1. The van der Waals surface area contributed by atoms with Crippen LogP contribution in [0.3, 0.4) is 0 Å². The lowest BCUT2D eigenvalue weighted by Crippen LogP contribution is -2.57. The Hall–Kier alpha value is -0.650. The molecule has 2 fully saturated rings. The molecule has 0 aliphatic carbocycles. The number of nitrogens with one attached hydrogen (secondary N) is 1. The topological polar surface area (TPSA) is 67.6 Å². The summed E-state index contributed by atoms with van der Waals surface area (Å²) in [4.78, 5) is 14.7. The van der Waals surface area contributed by atoms with Crippen molar-refractivity contribution in [2.75, 3.05) is 39.4 Å². The van der Waals surface area contributed by atoms with Gasteiger partial charge >= 0.3 is 0 Å². The molecule has 0 spiro atoms. The van der Waals surface area contributed by atoms with Gasteiger partial charge in [-0.05, 0) is 57.7 Å². The molecule has 1 amide bonds. The number of nitrogens with zero attached hydrogens (tertiary/aromatic N) is 1. The van der Waals surface area contributed by atoms with E-state index in [4.69, 9.17) is 10.5 Å². The Bertz CT molecular complexity index is 308. The van der Waals surface area contributed by atoms with E-state index in [0.29, 0.717) is 26.1 Å². The highest BCUT2D eigenvalue weighted by molar-refractivity contribution is 5.86. The average Bonchev–Trinajstić information content (AvgIpc) is 2.48. The van der Waals surface area contributed by atoms with Crippen LogP contribution in [0.15, 0.2) is 0 Å². The number of amides is 1. The number of nitrogens with two attached hydrogens (primary N) is 1. The van der Waals surface area contributed by atoms with Crippen molar-refractivity contribution in [1.82, 2.24) is 10.2 Å². The Balaban J connectivity index is 1.64. The van der Waals surface area contributed by atoms with Crippen LogP contribution in [0, 0.1) is 5.92 Å². The maximum atomic E-state index is 12.2. The molecular weight excluding hydrogens is 254 g/mol. The molecule has 3 N–H and O–H groups in total. The molecule has 0 atom stereocenters. The third kappa shape index (κ3) is 4.17. The van der Waals surface area contributed by atoms with E-state index in [0.717, 1.165) is 25.4 Å². The smallest absolute Gasteiger partial charge is 0.240 e. The lowest BCUT2D eigenvalue weighted by atomic mass is 9.90. The van der Waals surface area contributed by atoms with Crippen molar-refractivity contribution in [3.8, 4) is 0 Å². The fourth-order valence-electron chi connectivity index (χ4n) is 3.12. The summed E-state index contributed by atoms with van der Waals surface area (Å²) in [5.41, 5.74) is 5.45. The second-order valence-electron chi connectivity index (χ2n) is 6.19. The zero-order chi connectivity index (χ0) is 14.4. The summed E-state index contributed by atoms with van der Waals surface area (Å²) < 4.78 is 5.27. The Kier molecular flexibility index (Phi) is 5.81. The van der Waals surface area contributed by atoms with Gasteiger partial charge in [0.05, 0.1) is 5.54 Å². The van der Waals surface area contributed by atoms with Crippen LogP contribution in [-0.2, 0) is 9.53 Å². The first-order chi connectivity index (χ1) is 9.64. The van der Waals surface area contributed by atoms with E-state index in [2.05, 4.69) is 17.1 Å². The van der Waals surface area contributed by atoms with Crippen LogP contribution < -0.4 is 11.1 Å². The van der Waals surface area contributed by atoms with E-state index in [1.54, 1.807) is 0 Å². The minimum absolute atomic E-state index is 0.00629. The van der Waals surface area contributed by atoms with Crippen molar-refractivity contribution in [1.29, 1.82) is 0 Å². The van der Waals surface area contributed by atoms with Crippen LogP contribution in [0.5, 0.6) is 0 Å². The van der Waals surface area contributed by atoms with Crippen molar-refractivity contribution >= 4 is 5.91 Å². The Morgan fingerprint density at radius 3 is 2.60 bits per heavy atom. The largest absolute Gasteiger partial charge is 0.381 e. The van der Waals surface area contributed by atoms with Crippen molar-refractivity contribution in [2.24, 2.45) is 11.7 Å². The summed E-state index contributed by atoms with van der Waals surface area (Å²) >= 11 is 0. The van der Waals surface area contributed by atoms with Crippen molar-refractivity contribution in [3.05, 3.63) is 0 Å². The molecule has 116 valence electrons. The van der Waals surface area contributed by atoms with Gasteiger partial charge in [0.25, 0.3) is 0 Å². The molecule has 5 heteroatoms. The van der Waals surface area contributed by atoms with Gasteiger partial charge < -0.3 is 20.7 Å². The summed E-state index contributed by atoms with van der Waals surface area (Å²) in [6.45, 7) is 7.73. The van der Waals surface area contributed by atoms with Crippen LogP contribution >= 0.6 is 0 Å². The van der Waals surface area contributed by atoms with Gasteiger partial charge in [-0.15, -0.1) is 0 Å². The van der Waals surface area contributed by atoms with Gasteiger partial charge in [-0.3, -0.25) is 4.79 Å². The molecule has 0 bridgehead atoms. The number of piperidine rings is 1. The molecule has 0 aromatic rings. The third-order valence-electron chi connectivity index (χ3n) is 4.83. The molecule has 2 heterocycles. The van der Waals surface area contributed by atoms with Crippen molar-refractivity contribution in [3.63, 3.8) is 0 Å². The second kappa shape index (κ2) is 7.38. The van der Waals surface area contributed by atoms with E-state index in [1.807, 2.05) is 0 Å². The van der Waals surface area contributed by atoms with Gasteiger partial charge in [0.15, 0.2) is 0 Å². The third-order valence-corrected chi connectivity index (χ3v) is 4.83. The van der Waals surface area contributed by atoms with Crippen LogP contribution in [0.2, 0.25) is 0 Å². The molecule has 2 aliphatic heterocycles. The van der Waals surface area contributed by atoms with E-state index >= 15 is 0 Å². The fraction of sp³-hybridized carbons (Fsp3) is 0.933. The second-order valence-corrected chi connectivity index (χ2v) is 6.19. The Morgan fingerprint density at radius 1 is 1.35 bits per heavy atom. The van der Waals surface area contributed by atoms with Gasteiger partial charge in [0.2, 0.25) is 5.91 Å². The lowest BCUT2D eigenvalue weighted by molar-refractivity contribution is -0.129. The number of carbonyl (C=O) groups excluding carboxylic acids is 1. The molecule has 0 aromatic carbocycles. The molecule has 20 heavy (non-hydrogen) atoms. The van der Waals surface area contributed by atoms with Gasteiger partial charge in [0, 0.05) is 19.8 Å². The molecule has 0 unspecified atom stereocenters. The van der Waals surface area contributed by atoms with E-state index in [-0.39, 0.29) is 5.91 Å². The standard InChI is InChI=1S/C15H29N3O2/c1-2-18-9-4-13(5-10-18)3-8-17-14(19)15(16)6-11-20-12-7-15/h13H,2-12,16H2,1H3,(H,17,19). The fourth-order valence-corrected chi connectivity index (χ4v) is 3.12. The number of ether oxygens (including phenoxy) is 1. The van der Waals surface area contributed by atoms with Gasteiger partial charge in [0.1, 0.15) is 0 Å². The van der Waals surface area contributed by atoms with Crippen molar-refractivity contribution in [2.45, 2.75) is 44.6 Å². The number of likely N-dealkylation sites (tertiary alicyclic amines) is 1. The monoisotopic (exact) mass is 283 g/mol. The maximum absolute atomic E-state index is 12.2. The Morgan fingerprint density at radius 2 is 2.00 bits per heavy atom. The zero-order valence-electron chi connectivity index (χ0n) is 12.7. The molecule has 2 aliphatic rings. The predicted octanol–water partition coefficient (Wildman–Crippen LogP) is 0.733. The quantitative estimate of drug-likeness (QED) is 0.780. The van der Waals surface area contributed by atoms with Crippen LogP contribution in [0.25, 0.3) is 0 Å². The lowest BCUT2D eigenvalue weighted by Gasteiger charge is -2.33. The van der Waals surface area contributed by atoms with Gasteiger partial charge in [-0.25, -0.2) is 0 Å². The molecule has 0 saturated carbocycles. The molecule has 5 nitrogen and oxygen atoms in total. The first kappa shape index (κ1) is 15.7. The minimum atomic E-state index is -0.705. The summed E-state index contributed by atoms with van der Waals surface area (Å²) in [5.74, 6) is 0.758. The summed E-state index contributed by atoms with van der Waals surface area (Å²) in [6.07, 6.45) is 4.86. The highest BCUT2D eigenvalue weighted by Crippen LogP contribution is 2.20. The van der Waals surface area contributed by atoms with Crippen LogP contribution in [-0.4, -0.2) is 55.7 Å². The van der Waals surface area contributed by atoms with Crippen LogP contribution in [0.4, 0.5) is 0 Å². The summed E-state index contributed by atoms with van der Waals surface area (Å²) in [5, 5.41) is 3.03. The number of hydrogen-bond donors (Lipinski definition) is 2. The summed E-state index contributed by atoms with van der Waals surface area (Å²) in [6, 6.07) is 0. The summed E-state index contributed by atoms with van der Waals surface area (Å²) in [7, 11) is 0. The molecule has 2 saturated heterocycles. The highest BCUT2D eigenvalue weighted by atomic mass is 16.5. The van der Waals surface area contributed by atoms with E-state index in [1.165, 1.54) is 25.9 Å². The predicted molar refractivity (Wildman–Crippen MR) is 79.4 cm³/mol. The molecular formula is C15H29N3O2. The number of rotatable bonds is 5. The van der Waals surface area contributed by atoms with E-state index < -0.39 is 5.54 Å². The Labute approximate surface area is 122 Å². The molecule has 0 aromatic heterocycles. The maximum Gasteiger partial charge on any atom is 0.240 e.